The van der Waals surface area contributed by atoms with Gasteiger partial charge in [-0.25, -0.2) is 13.6 Å². The van der Waals surface area contributed by atoms with E-state index in [0.29, 0.717) is 11.3 Å². The predicted molar refractivity (Wildman–Crippen MR) is 131 cm³/mol. The van der Waals surface area contributed by atoms with E-state index in [-0.39, 0.29) is 30.8 Å². The van der Waals surface area contributed by atoms with Crippen molar-refractivity contribution in [1.29, 1.82) is 0 Å². The molecule has 0 unspecified atom stereocenters. The van der Waals surface area contributed by atoms with Crippen molar-refractivity contribution in [2.24, 2.45) is 0 Å². The first kappa shape index (κ1) is 24.5. The fourth-order valence-corrected chi connectivity index (χ4v) is 3.59. The van der Waals surface area contributed by atoms with Crippen molar-refractivity contribution >= 4 is 12.0 Å². The molecule has 6 nitrogen and oxygen atoms in total. The summed E-state index contributed by atoms with van der Waals surface area (Å²) < 4.78 is 32.4. The minimum Gasteiger partial charge on any atom is -0.445 e. The van der Waals surface area contributed by atoms with E-state index < -0.39 is 23.6 Å². The van der Waals surface area contributed by atoms with Crippen LogP contribution in [0.3, 0.4) is 0 Å². The van der Waals surface area contributed by atoms with Crippen LogP contribution < -0.4 is 10.6 Å². The van der Waals surface area contributed by atoms with Gasteiger partial charge in [0.1, 0.15) is 18.2 Å². The smallest absolute Gasteiger partial charge is 0.407 e. The highest BCUT2D eigenvalue weighted by Crippen LogP contribution is 2.25. The zero-order valence-corrected chi connectivity index (χ0v) is 19.2. The topological polar surface area (TPSA) is 80.3 Å². The predicted octanol–water partition coefficient (Wildman–Crippen LogP) is 5.38. The number of ether oxygens (including phenoxy) is 1. The Labute approximate surface area is 207 Å². The third-order valence-corrected chi connectivity index (χ3v) is 5.42. The van der Waals surface area contributed by atoms with Gasteiger partial charge in [-0.2, -0.15) is 0 Å². The monoisotopic (exact) mass is 487 g/mol. The van der Waals surface area contributed by atoms with Crippen LogP contribution in [0.5, 0.6) is 0 Å². The summed E-state index contributed by atoms with van der Waals surface area (Å²) in [7, 11) is 0. The second-order valence-corrected chi connectivity index (χ2v) is 7.89. The van der Waals surface area contributed by atoms with E-state index in [1.54, 1.807) is 30.5 Å². The number of benzene rings is 3. The molecule has 0 radical (unpaired) electrons. The number of nitrogens with one attached hydrogen (secondary N) is 2. The van der Waals surface area contributed by atoms with Crippen LogP contribution in [0, 0.1) is 11.6 Å². The number of pyridine rings is 1. The first-order valence-electron chi connectivity index (χ1n) is 11.2. The van der Waals surface area contributed by atoms with Crippen LogP contribution in [-0.4, -0.2) is 17.0 Å². The average molecular weight is 488 g/mol. The minimum atomic E-state index is -0.739. The van der Waals surface area contributed by atoms with Crippen molar-refractivity contribution < 1.29 is 23.1 Å². The number of halogens is 2. The van der Waals surface area contributed by atoms with Gasteiger partial charge in [-0.05, 0) is 29.3 Å². The van der Waals surface area contributed by atoms with Crippen LogP contribution in [0.15, 0.2) is 91.1 Å². The lowest BCUT2D eigenvalue weighted by Gasteiger charge is -2.14. The van der Waals surface area contributed by atoms with Crippen LogP contribution in [0.1, 0.15) is 27.0 Å². The van der Waals surface area contributed by atoms with Gasteiger partial charge >= 0.3 is 6.09 Å². The molecule has 1 heterocycles. The van der Waals surface area contributed by atoms with Crippen molar-refractivity contribution in [2.75, 3.05) is 0 Å². The van der Waals surface area contributed by atoms with Gasteiger partial charge in [0.25, 0.3) is 5.91 Å². The number of alkyl carbamates (subject to hydrolysis) is 1. The molecule has 0 aliphatic rings. The van der Waals surface area contributed by atoms with Gasteiger partial charge in [-0.15, -0.1) is 0 Å². The van der Waals surface area contributed by atoms with Crippen molar-refractivity contribution in [3.05, 3.63) is 125 Å². The molecule has 2 amide bonds. The molecule has 0 saturated heterocycles. The number of hydrogen-bond acceptors (Lipinski definition) is 4. The lowest BCUT2D eigenvalue weighted by Crippen LogP contribution is -2.25. The van der Waals surface area contributed by atoms with Crippen molar-refractivity contribution in [3.63, 3.8) is 0 Å². The first-order valence-corrected chi connectivity index (χ1v) is 11.2. The van der Waals surface area contributed by atoms with Gasteiger partial charge in [-0.1, -0.05) is 60.7 Å². The Bertz CT molecular complexity index is 1360. The number of rotatable bonds is 8. The summed E-state index contributed by atoms with van der Waals surface area (Å²) in [6, 6.07) is 23.0. The zero-order chi connectivity index (χ0) is 25.3. The molecular weight excluding hydrogens is 464 g/mol. The summed E-state index contributed by atoms with van der Waals surface area (Å²) in [6.07, 6.45) is 0.985. The quantitative estimate of drug-likeness (QED) is 0.350. The molecule has 4 aromatic rings. The molecule has 2 N–H and O–H groups in total. The summed E-state index contributed by atoms with van der Waals surface area (Å²) in [5.41, 5.74) is 3.10. The van der Waals surface area contributed by atoms with Gasteiger partial charge in [-0.3, -0.25) is 9.78 Å². The molecule has 0 bridgehead atoms. The maximum atomic E-state index is 14.0. The van der Waals surface area contributed by atoms with Crippen LogP contribution >= 0.6 is 0 Å². The third kappa shape index (κ3) is 6.29. The average Bonchev–Trinajstić information content (AvgIpc) is 2.91. The Kier molecular flexibility index (Phi) is 7.97. The fraction of sp³-hybridized carbons (Fsp3) is 0.107. The number of carbonyl (C=O) groups is 2. The van der Waals surface area contributed by atoms with E-state index in [4.69, 9.17) is 4.74 Å². The maximum Gasteiger partial charge on any atom is 0.407 e. The van der Waals surface area contributed by atoms with E-state index >= 15 is 0 Å². The van der Waals surface area contributed by atoms with E-state index in [2.05, 4.69) is 15.6 Å². The molecule has 0 saturated carbocycles. The van der Waals surface area contributed by atoms with Gasteiger partial charge in [0, 0.05) is 36.5 Å². The first-order chi connectivity index (χ1) is 17.5. The van der Waals surface area contributed by atoms with Crippen molar-refractivity contribution in [3.8, 4) is 11.3 Å². The molecule has 1 aromatic heterocycles. The Morgan fingerprint density at radius 3 is 2.36 bits per heavy atom. The number of carbonyl (C=O) groups excluding carboxylic acids is 2. The maximum absolute atomic E-state index is 14.0. The SMILES string of the molecule is O=C(NCc1ccccc1-c1ncccc1C(=O)NCc1ccc(F)cc1F)OCc1ccccc1. The highest BCUT2D eigenvalue weighted by atomic mass is 19.1. The summed E-state index contributed by atoms with van der Waals surface area (Å²) in [5, 5.41) is 5.38. The van der Waals surface area contributed by atoms with E-state index in [0.717, 1.165) is 23.3 Å². The highest BCUT2D eigenvalue weighted by Gasteiger charge is 2.17. The Morgan fingerprint density at radius 1 is 0.806 bits per heavy atom. The number of amides is 2. The van der Waals surface area contributed by atoms with E-state index in [1.165, 1.54) is 6.07 Å². The Balaban J connectivity index is 1.45. The lowest BCUT2D eigenvalue weighted by atomic mass is 9.99. The summed E-state index contributed by atoms with van der Waals surface area (Å²) in [6.45, 7) is 0.186. The molecule has 0 fully saturated rings. The lowest BCUT2D eigenvalue weighted by molar-refractivity contribution is 0.0950. The summed E-state index contributed by atoms with van der Waals surface area (Å²) in [5.74, 6) is -1.89. The second kappa shape index (κ2) is 11.7. The second-order valence-electron chi connectivity index (χ2n) is 7.89. The summed E-state index contributed by atoms with van der Waals surface area (Å²) >= 11 is 0. The highest BCUT2D eigenvalue weighted by molar-refractivity contribution is 6.00. The Morgan fingerprint density at radius 2 is 1.56 bits per heavy atom. The van der Waals surface area contributed by atoms with Crippen LogP contribution in [-0.2, 0) is 24.4 Å². The molecule has 0 aliphatic carbocycles. The molecule has 4 rings (SSSR count). The molecular formula is C28H23F2N3O3. The van der Waals surface area contributed by atoms with Gasteiger partial charge in [0.2, 0.25) is 0 Å². The molecule has 0 aliphatic heterocycles. The molecule has 182 valence electrons. The van der Waals surface area contributed by atoms with Gasteiger partial charge in [0.15, 0.2) is 0 Å². The normalized spacial score (nSPS) is 10.5. The van der Waals surface area contributed by atoms with E-state index in [9.17, 15) is 18.4 Å². The van der Waals surface area contributed by atoms with Crippen molar-refractivity contribution in [1.82, 2.24) is 15.6 Å². The summed E-state index contributed by atoms with van der Waals surface area (Å²) in [4.78, 5) is 29.6. The minimum absolute atomic E-state index is 0.115. The van der Waals surface area contributed by atoms with Crippen LogP contribution in [0.25, 0.3) is 11.3 Å². The van der Waals surface area contributed by atoms with Gasteiger partial charge in [0.05, 0.1) is 11.3 Å². The third-order valence-electron chi connectivity index (χ3n) is 5.42. The number of aromatic nitrogens is 1. The van der Waals surface area contributed by atoms with E-state index in [1.807, 2.05) is 42.5 Å². The number of hydrogen-bond donors (Lipinski definition) is 2. The molecule has 0 atom stereocenters. The van der Waals surface area contributed by atoms with Crippen LogP contribution in [0.2, 0.25) is 0 Å². The Hall–Kier alpha value is -4.59. The number of nitrogens with zero attached hydrogens (tertiary/aromatic N) is 1. The van der Waals surface area contributed by atoms with Gasteiger partial charge < -0.3 is 15.4 Å². The molecule has 36 heavy (non-hydrogen) atoms. The van der Waals surface area contributed by atoms with Crippen LogP contribution in [0.4, 0.5) is 13.6 Å². The zero-order valence-electron chi connectivity index (χ0n) is 19.2. The molecule has 0 spiro atoms. The fourth-order valence-electron chi connectivity index (χ4n) is 3.59. The largest absolute Gasteiger partial charge is 0.445 e. The molecule has 8 heteroatoms. The standard InChI is InChI=1S/C28H23F2N3O3/c29-22-13-12-21(25(30)15-22)17-32-27(34)24-11-6-14-31-26(24)23-10-5-4-9-20(23)16-33-28(35)36-18-19-7-2-1-3-8-19/h1-15H,16-18H2,(H,32,34)(H,33,35). The van der Waals surface area contributed by atoms with Crippen molar-refractivity contribution in [2.45, 2.75) is 19.7 Å². The molecule has 3 aromatic carbocycles.